The van der Waals surface area contributed by atoms with E-state index in [2.05, 4.69) is 23.5 Å². The van der Waals surface area contributed by atoms with Crippen LogP contribution in [0.25, 0.3) is 10.8 Å². The maximum atomic E-state index is 5.81. The lowest BCUT2D eigenvalue weighted by atomic mass is 9.97. The van der Waals surface area contributed by atoms with E-state index in [-0.39, 0.29) is 6.04 Å². The zero-order chi connectivity index (χ0) is 12.3. The molecule has 0 bridgehead atoms. The first-order valence-electron chi connectivity index (χ1n) is 5.74. The van der Waals surface area contributed by atoms with Crippen LogP contribution in [0.1, 0.15) is 11.6 Å². The molecule has 0 amide bonds. The largest absolute Gasteiger partial charge is 0.496 e. The average molecular weight is 230 g/mol. The summed E-state index contributed by atoms with van der Waals surface area (Å²) in [4.78, 5) is 0. The summed E-state index contributed by atoms with van der Waals surface area (Å²) in [6.45, 7) is 0.543. The molecule has 0 heterocycles. The van der Waals surface area contributed by atoms with Gasteiger partial charge in [0.1, 0.15) is 5.75 Å². The zero-order valence-corrected chi connectivity index (χ0v) is 10.2. The first-order chi connectivity index (χ1) is 8.31. The molecule has 90 valence electrons. The Morgan fingerprint density at radius 3 is 2.65 bits per heavy atom. The highest BCUT2D eigenvalue weighted by molar-refractivity contribution is 5.88. The van der Waals surface area contributed by atoms with Crippen molar-refractivity contribution in [1.82, 2.24) is 5.32 Å². The van der Waals surface area contributed by atoms with Crippen molar-refractivity contribution in [3.63, 3.8) is 0 Å². The van der Waals surface area contributed by atoms with Crippen LogP contribution in [0.4, 0.5) is 0 Å². The molecule has 1 unspecified atom stereocenters. The van der Waals surface area contributed by atoms with E-state index < -0.39 is 0 Å². The van der Waals surface area contributed by atoms with E-state index in [1.807, 2.05) is 25.2 Å². The van der Waals surface area contributed by atoms with Crippen molar-refractivity contribution in [3.8, 4) is 5.75 Å². The normalized spacial score (nSPS) is 12.6. The fourth-order valence-corrected chi connectivity index (χ4v) is 2.19. The molecule has 3 heteroatoms. The molecule has 2 aromatic carbocycles. The Kier molecular flexibility index (Phi) is 3.61. The molecule has 0 aliphatic carbocycles. The number of ether oxygens (including phenoxy) is 1. The Labute approximate surface area is 102 Å². The summed E-state index contributed by atoms with van der Waals surface area (Å²) in [6.07, 6.45) is 0. The van der Waals surface area contributed by atoms with Crippen molar-refractivity contribution in [1.29, 1.82) is 0 Å². The van der Waals surface area contributed by atoms with Crippen LogP contribution in [0.5, 0.6) is 5.75 Å². The number of nitrogens with two attached hydrogens (primary N) is 1. The molecular formula is C14H18N2O. The Bertz CT molecular complexity index is 507. The van der Waals surface area contributed by atoms with Crippen molar-refractivity contribution >= 4 is 10.8 Å². The lowest BCUT2D eigenvalue weighted by Gasteiger charge is -2.20. The van der Waals surface area contributed by atoms with Crippen molar-refractivity contribution < 1.29 is 4.74 Å². The molecule has 0 aliphatic rings. The maximum absolute atomic E-state index is 5.81. The number of benzene rings is 2. The van der Waals surface area contributed by atoms with E-state index in [0.29, 0.717) is 6.54 Å². The van der Waals surface area contributed by atoms with Gasteiger partial charge in [-0.3, -0.25) is 0 Å². The summed E-state index contributed by atoms with van der Waals surface area (Å²) >= 11 is 0. The van der Waals surface area contributed by atoms with Gasteiger partial charge >= 0.3 is 0 Å². The van der Waals surface area contributed by atoms with Crippen LogP contribution in [0.15, 0.2) is 36.4 Å². The monoisotopic (exact) mass is 230 g/mol. The lowest BCUT2D eigenvalue weighted by molar-refractivity contribution is 0.403. The molecule has 0 radical (unpaired) electrons. The summed E-state index contributed by atoms with van der Waals surface area (Å²) in [6, 6.07) is 12.5. The van der Waals surface area contributed by atoms with E-state index in [1.54, 1.807) is 7.11 Å². The molecular weight excluding hydrogens is 212 g/mol. The fourth-order valence-electron chi connectivity index (χ4n) is 2.19. The standard InChI is InChI=1S/C14H18N2O/c1-16-12(9-15)14-11-6-4-3-5-10(11)7-8-13(14)17-2/h3-8,12,16H,9,15H2,1-2H3. The van der Waals surface area contributed by atoms with Gasteiger partial charge in [0, 0.05) is 18.2 Å². The number of hydrogen-bond acceptors (Lipinski definition) is 3. The van der Waals surface area contributed by atoms with Gasteiger partial charge in [-0.1, -0.05) is 30.3 Å². The van der Waals surface area contributed by atoms with Crippen LogP contribution in [-0.2, 0) is 0 Å². The van der Waals surface area contributed by atoms with Gasteiger partial charge in [0.25, 0.3) is 0 Å². The van der Waals surface area contributed by atoms with Gasteiger partial charge in [-0.15, -0.1) is 0 Å². The third-order valence-electron chi connectivity index (χ3n) is 3.08. The van der Waals surface area contributed by atoms with Crippen LogP contribution in [0, 0.1) is 0 Å². The number of likely N-dealkylation sites (N-methyl/N-ethyl adjacent to an activating group) is 1. The van der Waals surface area contributed by atoms with Crippen LogP contribution < -0.4 is 15.8 Å². The van der Waals surface area contributed by atoms with Gasteiger partial charge in [0.15, 0.2) is 0 Å². The first kappa shape index (κ1) is 11.9. The van der Waals surface area contributed by atoms with Crippen molar-refractivity contribution in [2.24, 2.45) is 5.73 Å². The molecule has 2 aromatic rings. The molecule has 1 atom stereocenters. The number of hydrogen-bond donors (Lipinski definition) is 2. The van der Waals surface area contributed by atoms with Gasteiger partial charge < -0.3 is 15.8 Å². The highest BCUT2D eigenvalue weighted by Gasteiger charge is 2.15. The highest BCUT2D eigenvalue weighted by Crippen LogP contribution is 2.32. The fraction of sp³-hybridized carbons (Fsp3) is 0.286. The summed E-state index contributed by atoms with van der Waals surface area (Å²) in [5.74, 6) is 0.883. The summed E-state index contributed by atoms with van der Waals surface area (Å²) < 4.78 is 5.44. The van der Waals surface area contributed by atoms with Gasteiger partial charge in [-0.2, -0.15) is 0 Å². The number of methoxy groups -OCH3 is 1. The molecule has 0 aliphatic heterocycles. The molecule has 3 N–H and O–H groups in total. The Morgan fingerprint density at radius 2 is 2.00 bits per heavy atom. The first-order valence-corrected chi connectivity index (χ1v) is 5.74. The van der Waals surface area contributed by atoms with E-state index in [0.717, 1.165) is 11.3 Å². The second-order valence-corrected chi connectivity index (χ2v) is 3.98. The minimum absolute atomic E-state index is 0.107. The maximum Gasteiger partial charge on any atom is 0.124 e. The third-order valence-corrected chi connectivity index (χ3v) is 3.08. The predicted octanol–water partition coefficient (Wildman–Crippen LogP) is 2.07. The second-order valence-electron chi connectivity index (χ2n) is 3.98. The van der Waals surface area contributed by atoms with Gasteiger partial charge in [-0.25, -0.2) is 0 Å². The molecule has 3 nitrogen and oxygen atoms in total. The van der Waals surface area contributed by atoms with E-state index >= 15 is 0 Å². The predicted molar refractivity (Wildman–Crippen MR) is 71.4 cm³/mol. The van der Waals surface area contributed by atoms with Gasteiger partial charge in [-0.05, 0) is 23.9 Å². The summed E-state index contributed by atoms with van der Waals surface area (Å²) in [5.41, 5.74) is 6.95. The molecule has 0 spiro atoms. The molecule has 17 heavy (non-hydrogen) atoms. The third kappa shape index (κ3) is 2.12. The van der Waals surface area contributed by atoms with E-state index in [1.165, 1.54) is 10.8 Å². The Balaban J connectivity index is 2.70. The average Bonchev–Trinajstić information content (AvgIpc) is 2.40. The number of rotatable bonds is 4. The zero-order valence-electron chi connectivity index (χ0n) is 10.2. The van der Waals surface area contributed by atoms with Crippen LogP contribution in [0.3, 0.4) is 0 Å². The lowest BCUT2D eigenvalue weighted by Crippen LogP contribution is -2.25. The molecule has 0 aromatic heterocycles. The smallest absolute Gasteiger partial charge is 0.124 e. The highest BCUT2D eigenvalue weighted by atomic mass is 16.5. The quantitative estimate of drug-likeness (QED) is 0.845. The SMILES string of the molecule is CNC(CN)c1c(OC)ccc2ccccc12. The number of nitrogens with one attached hydrogen (secondary N) is 1. The topological polar surface area (TPSA) is 47.3 Å². The van der Waals surface area contributed by atoms with E-state index in [4.69, 9.17) is 10.5 Å². The van der Waals surface area contributed by atoms with Crippen LogP contribution in [-0.4, -0.2) is 20.7 Å². The summed E-state index contributed by atoms with van der Waals surface area (Å²) in [5, 5.41) is 5.63. The Hall–Kier alpha value is -1.58. The molecule has 0 saturated carbocycles. The Morgan fingerprint density at radius 1 is 1.24 bits per heavy atom. The van der Waals surface area contributed by atoms with E-state index in [9.17, 15) is 0 Å². The molecule has 0 fully saturated rings. The van der Waals surface area contributed by atoms with Crippen molar-refractivity contribution in [2.45, 2.75) is 6.04 Å². The van der Waals surface area contributed by atoms with Crippen molar-refractivity contribution in [3.05, 3.63) is 42.0 Å². The van der Waals surface area contributed by atoms with Crippen molar-refractivity contribution in [2.75, 3.05) is 20.7 Å². The molecule has 2 rings (SSSR count). The van der Waals surface area contributed by atoms with Gasteiger partial charge in [0.05, 0.1) is 7.11 Å². The second kappa shape index (κ2) is 5.17. The van der Waals surface area contributed by atoms with Crippen LogP contribution >= 0.6 is 0 Å². The van der Waals surface area contributed by atoms with Crippen LogP contribution in [0.2, 0.25) is 0 Å². The van der Waals surface area contributed by atoms with Gasteiger partial charge in [0.2, 0.25) is 0 Å². The summed E-state index contributed by atoms with van der Waals surface area (Å²) in [7, 11) is 3.61. The minimum atomic E-state index is 0.107. The minimum Gasteiger partial charge on any atom is -0.496 e. The number of fused-ring (bicyclic) bond motifs is 1. The molecule has 0 saturated heterocycles.